The Bertz CT molecular complexity index is 448. The van der Waals surface area contributed by atoms with Crippen molar-refractivity contribution in [3.05, 3.63) is 29.8 Å². The van der Waals surface area contributed by atoms with Crippen molar-refractivity contribution in [2.45, 2.75) is 32.9 Å². The van der Waals surface area contributed by atoms with E-state index in [1.54, 1.807) is 0 Å². The fourth-order valence-electron chi connectivity index (χ4n) is 2.24. The molecule has 1 N–H and O–H groups in total. The van der Waals surface area contributed by atoms with E-state index in [0.717, 1.165) is 12.3 Å². The number of ether oxygens (including phenoxy) is 1. The summed E-state index contributed by atoms with van der Waals surface area (Å²) >= 11 is 0. The predicted molar refractivity (Wildman–Crippen MR) is 86.3 cm³/mol. The molecule has 0 aliphatic rings. The highest BCUT2D eigenvalue weighted by Crippen LogP contribution is 2.19. The Morgan fingerprint density at radius 2 is 1.81 bits per heavy atom. The van der Waals surface area contributed by atoms with Crippen molar-refractivity contribution in [3.63, 3.8) is 0 Å². The van der Waals surface area contributed by atoms with E-state index in [2.05, 4.69) is 57.2 Å². The van der Waals surface area contributed by atoms with Gasteiger partial charge in [0.1, 0.15) is 11.8 Å². The van der Waals surface area contributed by atoms with Gasteiger partial charge in [-0.1, -0.05) is 26.0 Å². The minimum Gasteiger partial charge on any atom is -0.479 e. The van der Waals surface area contributed by atoms with E-state index in [-0.39, 0.29) is 12.6 Å². The molecule has 2 atom stereocenters. The lowest BCUT2D eigenvalue weighted by Gasteiger charge is -2.29. The minimum absolute atomic E-state index is 0.0887. The van der Waals surface area contributed by atoms with Gasteiger partial charge in [0, 0.05) is 18.6 Å². The SMILES string of the molecule is CC(NC(CN(C)C)C(C)C)c1ccc(OCC#N)cc1. The molecule has 0 radical (unpaired) electrons. The molecule has 4 heteroatoms. The fraction of sp³-hybridized carbons (Fsp3) is 0.588. The summed E-state index contributed by atoms with van der Waals surface area (Å²) in [6.45, 7) is 7.77. The number of hydrogen-bond acceptors (Lipinski definition) is 4. The summed E-state index contributed by atoms with van der Waals surface area (Å²) in [4.78, 5) is 2.21. The van der Waals surface area contributed by atoms with Crippen molar-refractivity contribution in [1.29, 1.82) is 5.26 Å². The first kappa shape index (κ1) is 17.5. The van der Waals surface area contributed by atoms with Crippen LogP contribution in [0.4, 0.5) is 0 Å². The van der Waals surface area contributed by atoms with Crippen molar-refractivity contribution < 1.29 is 4.74 Å². The molecular weight excluding hydrogens is 262 g/mol. The highest BCUT2D eigenvalue weighted by Gasteiger charge is 2.17. The molecule has 0 amide bonds. The molecule has 0 aliphatic carbocycles. The van der Waals surface area contributed by atoms with E-state index in [4.69, 9.17) is 10.00 Å². The maximum absolute atomic E-state index is 8.50. The summed E-state index contributed by atoms with van der Waals surface area (Å²) < 4.78 is 5.27. The normalized spacial score (nSPS) is 14.0. The second kappa shape index (κ2) is 8.66. The molecule has 0 aromatic heterocycles. The average Bonchev–Trinajstić information content (AvgIpc) is 2.44. The van der Waals surface area contributed by atoms with Gasteiger partial charge in [0.2, 0.25) is 0 Å². The standard InChI is InChI=1S/C17H27N3O/c1-13(2)17(12-20(4)5)19-14(3)15-6-8-16(9-7-15)21-11-10-18/h6-9,13-14,17,19H,11-12H2,1-5H3. The molecule has 1 aromatic rings. The summed E-state index contributed by atoms with van der Waals surface area (Å²) in [7, 11) is 4.20. The van der Waals surface area contributed by atoms with Gasteiger partial charge in [-0.05, 0) is 44.6 Å². The van der Waals surface area contributed by atoms with Crippen molar-refractivity contribution in [2.75, 3.05) is 27.2 Å². The lowest BCUT2D eigenvalue weighted by atomic mass is 10.0. The van der Waals surface area contributed by atoms with Gasteiger partial charge in [0.05, 0.1) is 0 Å². The predicted octanol–water partition coefficient (Wildman–Crippen LogP) is 2.83. The molecule has 0 bridgehead atoms. The van der Waals surface area contributed by atoms with E-state index >= 15 is 0 Å². The zero-order valence-electron chi connectivity index (χ0n) is 13.8. The lowest BCUT2D eigenvalue weighted by molar-refractivity contribution is 0.273. The summed E-state index contributed by atoms with van der Waals surface area (Å²) in [6.07, 6.45) is 0. The summed E-state index contributed by atoms with van der Waals surface area (Å²) in [6, 6.07) is 10.6. The van der Waals surface area contributed by atoms with Gasteiger partial charge in [0.15, 0.2) is 6.61 Å². The van der Waals surface area contributed by atoms with Gasteiger partial charge >= 0.3 is 0 Å². The van der Waals surface area contributed by atoms with E-state index in [9.17, 15) is 0 Å². The number of rotatable bonds is 8. The number of hydrogen-bond donors (Lipinski definition) is 1. The van der Waals surface area contributed by atoms with E-state index in [0.29, 0.717) is 12.0 Å². The maximum Gasteiger partial charge on any atom is 0.174 e. The molecule has 0 saturated carbocycles. The number of nitrogens with one attached hydrogen (secondary N) is 1. The van der Waals surface area contributed by atoms with Gasteiger partial charge in [0.25, 0.3) is 0 Å². The van der Waals surface area contributed by atoms with Crippen molar-refractivity contribution >= 4 is 0 Å². The number of benzene rings is 1. The Morgan fingerprint density at radius 3 is 2.29 bits per heavy atom. The number of nitriles is 1. The second-order valence-corrected chi connectivity index (χ2v) is 6.02. The van der Waals surface area contributed by atoms with Crippen LogP contribution in [0.1, 0.15) is 32.4 Å². The molecule has 0 saturated heterocycles. The molecule has 0 aliphatic heterocycles. The molecule has 1 aromatic carbocycles. The van der Waals surface area contributed by atoms with Crippen LogP contribution in [0.3, 0.4) is 0 Å². The first-order chi connectivity index (χ1) is 9.93. The largest absolute Gasteiger partial charge is 0.479 e. The first-order valence-electron chi connectivity index (χ1n) is 7.44. The van der Waals surface area contributed by atoms with E-state index in [1.807, 2.05) is 18.2 Å². The van der Waals surface area contributed by atoms with Gasteiger partial charge in [-0.25, -0.2) is 0 Å². The highest BCUT2D eigenvalue weighted by atomic mass is 16.5. The Morgan fingerprint density at radius 1 is 1.19 bits per heavy atom. The Labute approximate surface area is 128 Å². The maximum atomic E-state index is 8.50. The Hall–Kier alpha value is -1.57. The van der Waals surface area contributed by atoms with Gasteiger partial charge in [-0.15, -0.1) is 0 Å². The highest BCUT2D eigenvalue weighted by molar-refractivity contribution is 5.29. The lowest BCUT2D eigenvalue weighted by Crippen LogP contribution is -2.43. The van der Waals surface area contributed by atoms with Crippen LogP contribution < -0.4 is 10.1 Å². The third kappa shape index (κ3) is 6.16. The van der Waals surface area contributed by atoms with Crippen LogP contribution in [0.2, 0.25) is 0 Å². The summed E-state index contributed by atoms with van der Waals surface area (Å²) in [5, 5.41) is 12.2. The fourth-order valence-corrected chi connectivity index (χ4v) is 2.24. The zero-order valence-corrected chi connectivity index (χ0v) is 13.8. The smallest absolute Gasteiger partial charge is 0.174 e. The van der Waals surface area contributed by atoms with Crippen LogP contribution >= 0.6 is 0 Å². The quantitative estimate of drug-likeness (QED) is 0.799. The number of likely N-dealkylation sites (N-methyl/N-ethyl adjacent to an activating group) is 1. The molecule has 0 heterocycles. The average molecular weight is 289 g/mol. The number of nitrogens with zero attached hydrogens (tertiary/aromatic N) is 2. The van der Waals surface area contributed by atoms with Crippen LogP contribution in [0.25, 0.3) is 0 Å². The molecule has 1 rings (SSSR count). The van der Waals surface area contributed by atoms with E-state index < -0.39 is 0 Å². The third-order valence-corrected chi connectivity index (χ3v) is 3.51. The van der Waals surface area contributed by atoms with Crippen molar-refractivity contribution in [3.8, 4) is 11.8 Å². The first-order valence-corrected chi connectivity index (χ1v) is 7.44. The van der Waals surface area contributed by atoms with Crippen molar-refractivity contribution in [1.82, 2.24) is 10.2 Å². The zero-order chi connectivity index (χ0) is 15.8. The second-order valence-electron chi connectivity index (χ2n) is 6.02. The van der Waals surface area contributed by atoms with E-state index in [1.165, 1.54) is 5.56 Å². The molecule has 2 unspecified atom stereocenters. The van der Waals surface area contributed by atoms with Crippen LogP contribution in [0, 0.1) is 17.2 Å². The third-order valence-electron chi connectivity index (χ3n) is 3.51. The molecule has 116 valence electrons. The molecule has 21 heavy (non-hydrogen) atoms. The molecular formula is C17H27N3O. The summed E-state index contributed by atoms with van der Waals surface area (Å²) in [5.41, 5.74) is 1.23. The van der Waals surface area contributed by atoms with Gasteiger partial charge in [-0.3, -0.25) is 0 Å². The van der Waals surface area contributed by atoms with Crippen LogP contribution in [-0.4, -0.2) is 38.2 Å². The molecule has 0 fully saturated rings. The summed E-state index contributed by atoms with van der Waals surface area (Å²) in [5.74, 6) is 1.31. The Kier molecular flexibility index (Phi) is 7.21. The Balaban J connectivity index is 2.65. The van der Waals surface area contributed by atoms with Crippen LogP contribution in [0.15, 0.2) is 24.3 Å². The van der Waals surface area contributed by atoms with Crippen molar-refractivity contribution in [2.24, 2.45) is 5.92 Å². The molecule has 4 nitrogen and oxygen atoms in total. The van der Waals surface area contributed by atoms with Gasteiger partial charge in [-0.2, -0.15) is 5.26 Å². The molecule has 0 spiro atoms. The van der Waals surface area contributed by atoms with Crippen LogP contribution in [-0.2, 0) is 0 Å². The van der Waals surface area contributed by atoms with Gasteiger partial charge < -0.3 is 15.0 Å². The topological polar surface area (TPSA) is 48.3 Å². The monoisotopic (exact) mass is 289 g/mol. The minimum atomic E-state index is 0.0887. The van der Waals surface area contributed by atoms with Crippen LogP contribution in [0.5, 0.6) is 5.75 Å².